The molecule has 1 aliphatic rings. The van der Waals surface area contributed by atoms with E-state index in [1.165, 1.54) is 0 Å². The van der Waals surface area contributed by atoms with Crippen LogP contribution in [0.2, 0.25) is 0 Å². The van der Waals surface area contributed by atoms with Crippen LogP contribution in [0.3, 0.4) is 0 Å². The number of likely N-dealkylation sites (tertiary alicyclic amines) is 1. The van der Waals surface area contributed by atoms with E-state index in [1.807, 2.05) is 45.0 Å². The average molecular weight is 392 g/mol. The summed E-state index contributed by atoms with van der Waals surface area (Å²) in [5, 5.41) is 6.09. The number of carbonyl (C=O) groups excluding carboxylic acids is 2. The molecule has 1 aliphatic heterocycles. The Morgan fingerprint density at radius 1 is 1.14 bits per heavy atom. The first-order chi connectivity index (χ1) is 13.2. The SMILES string of the molecule is CNC(=O)COc1ccc(N[C@@H]2CCN(C(=O)OC(C)(C)C)CC[C@@H]2C)cc1. The van der Waals surface area contributed by atoms with E-state index in [9.17, 15) is 9.59 Å². The van der Waals surface area contributed by atoms with E-state index in [0.29, 0.717) is 24.8 Å². The Balaban J connectivity index is 1.89. The Labute approximate surface area is 167 Å². The van der Waals surface area contributed by atoms with E-state index < -0.39 is 5.60 Å². The number of likely N-dealkylation sites (N-methyl/N-ethyl adjacent to an activating group) is 1. The first-order valence-electron chi connectivity index (χ1n) is 9.86. The predicted octanol–water partition coefficient (Wildman–Crippen LogP) is 3.26. The van der Waals surface area contributed by atoms with E-state index in [4.69, 9.17) is 9.47 Å². The van der Waals surface area contributed by atoms with Gasteiger partial charge in [-0.25, -0.2) is 4.79 Å². The molecule has 0 unspecified atom stereocenters. The van der Waals surface area contributed by atoms with E-state index >= 15 is 0 Å². The molecule has 2 rings (SSSR count). The van der Waals surface area contributed by atoms with Gasteiger partial charge in [-0.15, -0.1) is 0 Å². The number of rotatable bonds is 5. The number of amides is 2. The molecule has 1 fully saturated rings. The number of hydrogen-bond donors (Lipinski definition) is 2. The Morgan fingerprint density at radius 3 is 2.39 bits per heavy atom. The molecule has 156 valence electrons. The lowest BCUT2D eigenvalue weighted by molar-refractivity contribution is -0.122. The lowest BCUT2D eigenvalue weighted by atomic mass is 9.97. The summed E-state index contributed by atoms with van der Waals surface area (Å²) in [6.45, 7) is 9.25. The number of nitrogens with one attached hydrogen (secondary N) is 2. The molecule has 28 heavy (non-hydrogen) atoms. The fourth-order valence-electron chi connectivity index (χ4n) is 3.06. The number of benzene rings is 1. The van der Waals surface area contributed by atoms with Crippen LogP contribution in [-0.4, -0.2) is 55.3 Å². The molecule has 0 aliphatic carbocycles. The van der Waals surface area contributed by atoms with Crippen LogP contribution in [0.25, 0.3) is 0 Å². The van der Waals surface area contributed by atoms with Gasteiger partial charge in [0.1, 0.15) is 11.4 Å². The summed E-state index contributed by atoms with van der Waals surface area (Å²) in [6, 6.07) is 7.86. The highest BCUT2D eigenvalue weighted by atomic mass is 16.6. The molecule has 1 aromatic rings. The molecular weight excluding hydrogens is 358 g/mol. The second kappa shape index (κ2) is 9.66. The summed E-state index contributed by atoms with van der Waals surface area (Å²) in [7, 11) is 1.58. The van der Waals surface area contributed by atoms with Crippen LogP contribution in [0.15, 0.2) is 24.3 Å². The number of ether oxygens (including phenoxy) is 2. The minimum absolute atomic E-state index is 0.00341. The second-order valence-corrected chi connectivity index (χ2v) is 8.26. The summed E-state index contributed by atoms with van der Waals surface area (Å²) in [4.78, 5) is 25.4. The summed E-state index contributed by atoms with van der Waals surface area (Å²) in [5.74, 6) is 0.916. The highest BCUT2D eigenvalue weighted by Gasteiger charge is 2.28. The van der Waals surface area contributed by atoms with Gasteiger partial charge >= 0.3 is 6.09 Å². The summed E-state index contributed by atoms with van der Waals surface area (Å²) in [6.07, 6.45) is 1.54. The maximum Gasteiger partial charge on any atom is 0.410 e. The van der Waals surface area contributed by atoms with Gasteiger partial charge in [-0.1, -0.05) is 6.92 Å². The molecule has 0 saturated carbocycles. The van der Waals surface area contributed by atoms with Crippen LogP contribution in [0, 0.1) is 5.92 Å². The molecule has 0 bridgehead atoms. The van der Waals surface area contributed by atoms with Gasteiger partial charge < -0.3 is 25.0 Å². The monoisotopic (exact) mass is 391 g/mol. The van der Waals surface area contributed by atoms with Gasteiger partial charge in [-0.2, -0.15) is 0 Å². The van der Waals surface area contributed by atoms with E-state index in [2.05, 4.69) is 17.6 Å². The third-order valence-corrected chi connectivity index (χ3v) is 4.76. The standard InChI is InChI=1S/C21H33N3O4/c1-15-10-12-24(20(26)28-21(2,3)4)13-11-18(15)23-16-6-8-17(9-7-16)27-14-19(25)22-5/h6-9,15,18,23H,10-14H2,1-5H3,(H,22,25)/t15-,18+/m0/s1. The summed E-state index contributed by atoms with van der Waals surface area (Å²) < 4.78 is 10.9. The average Bonchev–Trinajstić information content (AvgIpc) is 2.81. The van der Waals surface area contributed by atoms with Gasteiger partial charge in [0.15, 0.2) is 6.61 Å². The molecule has 7 heteroatoms. The van der Waals surface area contributed by atoms with Crippen molar-refractivity contribution in [3.8, 4) is 5.75 Å². The fraction of sp³-hybridized carbons (Fsp3) is 0.619. The van der Waals surface area contributed by atoms with E-state index in [0.717, 1.165) is 18.5 Å². The van der Waals surface area contributed by atoms with Crippen molar-refractivity contribution in [2.45, 2.75) is 52.2 Å². The predicted molar refractivity (Wildman–Crippen MR) is 110 cm³/mol. The highest BCUT2D eigenvalue weighted by molar-refractivity contribution is 5.77. The first kappa shape index (κ1) is 21.9. The van der Waals surface area contributed by atoms with Crippen LogP contribution in [0.5, 0.6) is 5.75 Å². The normalized spacial score (nSPS) is 20.1. The molecule has 2 amide bonds. The first-order valence-corrected chi connectivity index (χ1v) is 9.86. The smallest absolute Gasteiger partial charge is 0.410 e. The molecule has 1 saturated heterocycles. The lowest BCUT2D eigenvalue weighted by Crippen LogP contribution is -2.37. The van der Waals surface area contributed by atoms with Crippen molar-refractivity contribution < 1.29 is 19.1 Å². The van der Waals surface area contributed by atoms with Crippen molar-refractivity contribution in [2.24, 2.45) is 5.92 Å². The number of nitrogens with zero attached hydrogens (tertiary/aromatic N) is 1. The van der Waals surface area contributed by atoms with Crippen LogP contribution < -0.4 is 15.4 Å². The molecule has 0 aromatic heterocycles. The third kappa shape index (κ3) is 6.94. The van der Waals surface area contributed by atoms with Crippen LogP contribution in [-0.2, 0) is 9.53 Å². The van der Waals surface area contributed by atoms with Crippen molar-refractivity contribution in [1.29, 1.82) is 0 Å². The van der Waals surface area contributed by atoms with Crippen molar-refractivity contribution in [3.05, 3.63) is 24.3 Å². The van der Waals surface area contributed by atoms with Crippen LogP contribution in [0.1, 0.15) is 40.5 Å². The fourth-order valence-corrected chi connectivity index (χ4v) is 3.06. The van der Waals surface area contributed by atoms with Gasteiger partial charge in [0.05, 0.1) is 0 Å². The molecule has 1 heterocycles. The number of carbonyl (C=O) groups is 2. The Bertz CT molecular complexity index is 655. The van der Waals surface area contributed by atoms with E-state index in [1.54, 1.807) is 11.9 Å². The van der Waals surface area contributed by atoms with Gasteiger partial charge in [0, 0.05) is 31.9 Å². The summed E-state index contributed by atoms with van der Waals surface area (Å²) >= 11 is 0. The highest BCUT2D eigenvalue weighted by Crippen LogP contribution is 2.24. The molecular formula is C21H33N3O4. The van der Waals surface area contributed by atoms with Gasteiger partial charge in [0.25, 0.3) is 5.91 Å². The Kier molecular flexibility index (Phi) is 7.54. The zero-order valence-electron chi connectivity index (χ0n) is 17.6. The maximum absolute atomic E-state index is 12.3. The zero-order valence-corrected chi connectivity index (χ0v) is 17.6. The lowest BCUT2D eigenvalue weighted by Gasteiger charge is -2.26. The van der Waals surface area contributed by atoms with Gasteiger partial charge in [-0.3, -0.25) is 4.79 Å². The van der Waals surface area contributed by atoms with Crippen molar-refractivity contribution in [1.82, 2.24) is 10.2 Å². The molecule has 2 atom stereocenters. The Hall–Kier alpha value is -2.44. The zero-order chi connectivity index (χ0) is 20.7. The van der Waals surface area contributed by atoms with Gasteiger partial charge in [0.2, 0.25) is 0 Å². The minimum Gasteiger partial charge on any atom is -0.484 e. The largest absolute Gasteiger partial charge is 0.484 e. The minimum atomic E-state index is -0.478. The second-order valence-electron chi connectivity index (χ2n) is 8.26. The van der Waals surface area contributed by atoms with Crippen molar-refractivity contribution in [3.63, 3.8) is 0 Å². The molecule has 1 aromatic carbocycles. The molecule has 0 radical (unpaired) electrons. The van der Waals surface area contributed by atoms with Crippen LogP contribution in [0.4, 0.5) is 10.5 Å². The van der Waals surface area contributed by atoms with E-state index in [-0.39, 0.29) is 24.6 Å². The van der Waals surface area contributed by atoms with Gasteiger partial charge in [-0.05, 0) is 63.8 Å². The van der Waals surface area contributed by atoms with Crippen LogP contribution >= 0.6 is 0 Å². The Morgan fingerprint density at radius 2 is 1.79 bits per heavy atom. The van der Waals surface area contributed by atoms with Crippen molar-refractivity contribution in [2.75, 3.05) is 32.1 Å². The topological polar surface area (TPSA) is 79.9 Å². The molecule has 0 spiro atoms. The van der Waals surface area contributed by atoms with Crippen molar-refractivity contribution >= 4 is 17.7 Å². The summed E-state index contributed by atoms with van der Waals surface area (Å²) in [5.41, 5.74) is 0.517. The third-order valence-electron chi connectivity index (χ3n) is 4.76. The molecule has 2 N–H and O–H groups in total. The molecule has 7 nitrogen and oxygen atoms in total. The number of hydrogen-bond acceptors (Lipinski definition) is 5. The number of anilines is 1. The quantitative estimate of drug-likeness (QED) is 0.805. The maximum atomic E-state index is 12.3.